The van der Waals surface area contributed by atoms with Crippen molar-refractivity contribution in [2.45, 2.75) is 25.3 Å². The second-order valence-corrected chi connectivity index (χ2v) is 7.05. The highest BCUT2D eigenvalue weighted by Gasteiger charge is 2.21. The number of aromatic amines is 1. The van der Waals surface area contributed by atoms with Crippen LogP contribution in [0.25, 0.3) is 0 Å². The minimum Gasteiger partial charge on any atom is -0.381 e. The molecule has 31 heavy (non-hydrogen) atoms. The van der Waals surface area contributed by atoms with Gasteiger partial charge in [-0.25, -0.2) is 0 Å². The van der Waals surface area contributed by atoms with E-state index in [9.17, 15) is 9.59 Å². The fraction of sp³-hybridized carbons (Fsp3) is 0.217. The normalized spacial score (nSPS) is 11.3. The lowest BCUT2D eigenvalue weighted by molar-refractivity contribution is -0.122. The van der Waals surface area contributed by atoms with Gasteiger partial charge in [-0.3, -0.25) is 14.7 Å². The number of carbonyl (C=O) groups is 2. The third-order valence-corrected chi connectivity index (χ3v) is 4.82. The largest absolute Gasteiger partial charge is 0.381 e. The van der Waals surface area contributed by atoms with E-state index in [1.54, 1.807) is 24.3 Å². The number of nitrogens with two attached hydrogens (primary N) is 1. The maximum Gasteiger partial charge on any atom is 0.251 e. The summed E-state index contributed by atoms with van der Waals surface area (Å²) in [5.74, 6) is -0.394. The number of rotatable bonds is 9. The van der Waals surface area contributed by atoms with Crippen molar-refractivity contribution in [3.8, 4) is 6.07 Å². The van der Waals surface area contributed by atoms with Gasteiger partial charge in [-0.2, -0.15) is 10.4 Å². The number of hydrogen-bond acceptors (Lipinski definition) is 5. The summed E-state index contributed by atoms with van der Waals surface area (Å²) in [6.07, 6.45) is 1.49. The predicted octanol–water partition coefficient (Wildman–Crippen LogP) is 1.95. The van der Waals surface area contributed by atoms with Crippen LogP contribution < -0.4 is 16.4 Å². The summed E-state index contributed by atoms with van der Waals surface area (Å²) in [7, 11) is 0. The van der Waals surface area contributed by atoms with Gasteiger partial charge in [0.05, 0.1) is 5.69 Å². The van der Waals surface area contributed by atoms with Crippen LogP contribution in [0.2, 0.25) is 0 Å². The van der Waals surface area contributed by atoms with Gasteiger partial charge in [0.2, 0.25) is 5.91 Å². The molecule has 8 heteroatoms. The number of anilines is 1. The molecule has 3 rings (SSSR count). The molecule has 2 aromatic carbocycles. The zero-order chi connectivity index (χ0) is 22.1. The van der Waals surface area contributed by atoms with Crippen LogP contribution >= 0.6 is 0 Å². The van der Waals surface area contributed by atoms with Gasteiger partial charge in [0.25, 0.3) is 5.91 Å². The second kappa shape index (κ2) is 10.6. The molecule has 0 aliphatic rings. The molecule has 0 saturated carbocycles. The molecule has 0 fully saturated rings. The number of nitrogens with one attached hydrogen (secondary N) is 3. The standard InChI is InChI=1S/C23H24N6O2/c24-15-18-19(28-29-21(18)25)12-7-13-26-23(31)20(14-16-8-3-1-4-9-16)27-22(30)17-10-5-2-6-11-17/h1-6,8-11,20H,7,12-14H2,(H,26,31)(H,27,30)(H3,25,28,29)/t20-/m1/s1. The van der Waals surface area contributed by atoms with Crippen LogP contribution in [0, 0.1) is 11.3 Å². The fourth-order valence-electron chi connectivity index (χ4n) is 3.19. The number of H-pyrrole nitrogens is 1. The topological polar surface area (TPSA) is 137 Å². The second-order valence-electron chi connectivity index (χ2n) is 7.05. The first-order chi connectivity index (χ1) is 15.1. The Labute approximate surface area is 180 Å². The van der Waals surface area contributed by atoms with Gasteiger partial charge in [0.1, 0.15) is 17.7 Å². The van der Waals surface area contributed by atoms with E-state index in [0.29, 0.717) is 42.6 Å². The van der Waals surface area contributed by atoms with Crippen molar-refractivity contribution in [1.29, 1.82) is 5.26 Å². The van der Waals surface area contributed by atoms with Crippen LogP contribution in [-0.4, -0.2) is 34.6 Å². The molecular weight excluding hydrogens is 392 g/mol. The van der Waals surface area contributed by atoms with Crippen molar-refractivity contribution in [2.75, 3.05) is 12.3 Å². The third kappa shape index (κ3) is 5.93. The molecule has 158 valence electrons. The Hall–Kier alpha value is -4.12. The molecule has 5 N–H and O–H groups in total. The molecule has 0 aliphatic carbocycles. The van der Waals surface area contributed by atoms with Gasteiger partial charge in [-0.15, -0.1) is 0 Å². The van der Waals surface area contributed by atoms with Crippen LogP contribution in [-0.2, 0) is 17.6 Å². The molecule has 0 bridgehead atoms. The molecule has 3 aromatic rings. The number of benzene rings is 2. The summed E-state index contributed by atoms with van der Waals surface area (Å²) in [6.45, 7) is 0.384. The summed E-state index contributed by atoms with van der Waals surface area (Å²) in [4.78, 5) is 25.4. The minimum absolute atomic E-state index is 0.174. The van der Waals surface area contributed by atoms with Gasteiger partial charge in [-0.1, -0.05) is 48.5 Å². The van der Waals surface area contributed by atoms with Crippen molar-refractivity contribution < 1.29 is 9.59 Å². The lowest BCUT2D eigenvalue weighted by Gasteiger charge is -2.19. The van der Waals surface area contributed by atoms with E-state index in [0.717, 1.165) is 5.56 Å². The lowest BCUT2D eigenvalue weighted by atomic mass is 10.0. The Morgan fingerprint density at radius 2 is 1.77 bits per heavy atom. The molecule has 0 aliphatic heterocycles. The molecule has 8 nitrogen and oxygen atoms in total. The number of nitrogen functional groups attached to an aromatic ring is 1. The fourth-order valence-corrected chi connectivity index (χ4v) is 3.19. The first-order valence-electron chi connectivity index (χ1n) is 9.99. The summed E-state index contributed by atoms with van der Waals surface area (Å²) in [6, 6.07) is 19.6. The van der Waals surface area contributed by atoms with E-state index >= 15 is 0 Å². The SMILES string of the molecule is N#Cc1c(N)n[nH]c1CCCNC(=O)[C@@H](Cc1ccccc1)NC(=O)c1ccccc1. The van der Waals surface area contributed by atoms with Crippen LogP contribution in [0.1, 0.15) is 33.6 Å². The predicted molar refractivity (Wildman–Crippen MR) is 117 cm³/mol. The van der Waals surface area contributed by atoms with Gasteiger partial charge >= 0.3 is 0 Å². The molecule has 0 saturated heterocycles. The van der Waals surface area contributed by atoms with Gasteiger partial charge in [-0.05, 0) is 30.5 Å². The summed E-state index contributed by atoms with van der Waals surface area (Å²) >= 11 is 0. The van der Waals surface area contributed by atoms with Crippen molar-refractivity contribution in [3.63, 3.8) is 0 Å². The lowest BCUT2D eigenvalue weighted by Crippen LogP contribution is -2.48. The number of aryl methyl sites for hydroxylation is 1. The smallest absolute Gasteiger partial charge is 0.251 e. The Kier molecular flexibility index (Phi) is 7.38. The number of carbonyl (C=O) groups excluding carboxylic acids is 2. The summed E-state index contributed by atoms with van der Waals surface area (Å²) < 4.78 is 0. The molecular formula is C23H24N6O2. The Morgan fingerprint density at radius 1 is 1.10 bits per heavy atom. The van der Waals surface area contributed by atoms with E-state index in [2.05, 4.69) is 20.8 Å². The van der Waals surface area contributed by atoms with E-state index in [1.807, 2.05) is 42.5 Å². The van der Waals surface area contributed by atoms with E-state index in [1.165, 1.54) is 0 Å². The summed E-state index contributed by atoms with van der Waals surface area (Å²) in [5.41, 5.74) is 8.06. The molecule has 1 atom stereocenters. The van der Waals surface area contributed by atoms with E-state index < -0.39 is 6.04 Å². The Bertz CT molecular complexity index is 1060. The van der Waals surface area contributed by atoms with Crippen molar-refractivity contribution in [3.05, 3.63) is 83.0 Å². The maximum atomic E-state index is 12.8. The highest BCUT2D eigenvalue weighted by Crippen LogP contribution is 2.13. The number of nitrogens with zero attached hydrogens (tertiary/aromatic N) is 2. The van der Waals surface area contributed by atoms with E-state index in [-0.39, 0.29) is 17.6 Å². The zero-order valence-corrected chi connectivity index (χ0v) is 17.0. The molecule has 0 radical (unpaired) electrons. The monoisotopic (exact) mass is 416 g/mol. The molecule has 1 aromatic heterocycles. The highest BCUT2D eigenvalue weighted by molar-refractivity contribution is 5.97. The quantitative estimate of drug-likeness (QED) is 0.395. The average Bonchev–Trinajstić information content (AvgIpc) is 3.16. The zero-order valence-electron chi connectivity index (χ0n) is 17.0. The minimum atomic E-state index is -0.715. The number of hydrogen-bond donors (Lipinski definition) is 4. The van der Waals surface area contributed by atoms with Gasteiger partial charge < -0.3 is 16.4 Å². The molecule has 0 unspecified atom stereocenters. The first kappa shape index (κ1) is 21.6. The average molecular weight is 416 g/mol. The molecule has 2 amide bonds. The van der Waals surface area contributed by atoms with Crippen molar-refractivity contribution >= 4 is 17.6 Å². The van der Waals surface area contributed by atoms with Crippen molar-refractivity contribution in [1.82, 2.24) is 20.8 Å². The Balaban J connectivity index is 1.60. The maximum absolute atomic E-state index is 12.8. The summed E-state index contributed by atoms with van der Waals surface area (Å²) in [5, 5.41) is 21.4. The van der Waals surface area contributed by atoms with Crippen LogP contribution in [0.5, 0.6) is 0 Å². The molecule has 0 spiro atoms. The Morgan fingerprint density at radius 3 is 2.45 bits per heavy atom. The van der Waals surface area contributed by atoms with E-state index in [4.69, 9.17) is 11.0 Å². The third-order valence-electron chi connectivity index (χ3n) is 4.82. The number of aromatic nitrogens is 2. The van der Waals surface area contributed by atoms with Crippen LogP contribution in [0.15, 0.2) is 60.7 Å². The van der Waals surface area contributed by atoms with Crippen LogP contribution in [0.3, 0.4) is 0 Å². The first-order valence-corrected chi connectivity index (χ1v) is 9.99. The van der Waals surface area contributed by atoms with Crippen LogP contribution in [0.4, 0.5) is 5.82 Å². The number of amides is 2. The van der Waals surface area contributed by atoms with Gasteiger partial charge in [0.15, 0.2) is 5.82 Å². The van der Waals surface area contributed by atoms with Crippen molar-refractivity contribution in [2.24, 2.45) is 0 Å². The number of nitriles is 1. The van der Waals surface area contributed by atoms with Gasteiger partial charge in [0, 0.05) is 18.5 Å². The molecule has 1 heterocycles. The highest BCUT2D eigenvalue weighted by atomic mass is 16.2.